The van der Waals surface area contributed by atoms with Gasteiger partial charge in [-0.25, -0.2) is 0 Å². The van der Waals surface area contributed by atoms with E-state index >= 15 is 0 Å². The van der Waals surface area contributed by atoms with Gasteiger partial charge in [-0.15, -0.1) is 0 Å². The van der Waals surface area contributed by atoms with Gasteiger partial charge in [0.2, 0.25) is 5.91 Å². The fourth-order valence-corrected chi connectivity index (χ4v) is 2.29. The summed E-state index contributed by atoms with van der Waals surface area (Å²) in [4.78, 5) is 12.1. The number of carbonyl (C=O) groups is 1. The van der Waals surface area contributed by atoms with Crippen LogP contribution < -0.4 is 5.32 Å². The molecule has 98 valence electrons. The van der Waals surface area contributed by atoms with Crippen LogP contribution in [0.4, 0.5) is 5.69 Å². The summed E-state index contributed by atoms with van der Waals surface area (Å²) < 4.78 is 5.30. The lowest BCUT2D eigenvalue weighted by atomic mass is 10.2. The van der Waals surface area contributed by atoms with E-state index in [0.717, 1.165) is 17.7 Å². The largest absolute Gasteiger partial charge is 0.505 e. The number of benzene rings is 1. The van der Waals surface area contributed by atoms with Gasteiger partial charge in [-0.1, -0.05) is 12.1 Å². The van der Waals surface area contributed by atoms with Gasteiger partial charge in [0, 0.05) is 11.8 Å². The second-order valence-electron chi connectivity index (χ2n) is 4.92. The maximum Gasteiger partial charge on any atom is 0.228 e. The quantitative estimate of drug-likeness (QED) is 0.831. The first-order valence-electron chi connectivity index (χ1n) is 6.29. The van der Waals surface area contributed by atoms with Crippen molar-refractivity contribution in [3.63, 3.8) is 0 Å². The highest BCUT2D eigenvalue weighted by Gasteiger charge is 2.45. The van der Waals surface area contributed by atoms with Crippen LogP contribution in [0.3, 0.4) is 0 Å². The molecule has 0 bridgehead atoms. The Morgan fingerprint density at radius 2 is 2.21 bits per heavy atom. The van der Waals surface area contributed by atoms with Crippen molar-refractivity contribution in [1.29, 1.82) is 0 Å². The molecule has 1 aromatic carbocycles. The van der Waals surface area contributed by atoms with E-state index in [1.54, 1.807) is 25.3 Å². The first-order chi connectivity index (χ1) is 9.16. The normalized spacial score (nSPS) is 21.1. The van der Waals surface area contributed by atoms with Crippen LogP contribution in [0.25, 0.3) is 0 Å². The topological polar surface area (TPSA) is 62.5 Å². The van der Waals surface area contributed by atoms with Crippen LogP contribution in [-0.2, 0) is 4.79 Å². The number of hydrogen-bond acceptors (Lipinski definition) is 3. The number of furan rings is 1. The number of anilines is 1. The SMILES string of the molecule is Cc1cccc(NC(=O)[C@@H]2C[C@@H]2c2ccco2)c1O. The van der Waals surface area contributed by atoms with Gasteiger partial charge in [0.1, 0.15) is 11.5 Å². The number of rotatable bonds is 3. The maximum absolute atomic E-state index is 12.1. The van der Waals surface area contributed by atoms with E-state index in [9.17, 15) is 9.90 Å². The Balaban J connectivity index is 1.69. The molecule has 0 aliphatic heterocycles. The molecule has 2 atom stereocenters. The Kier molecular flexibility index (Phi) is 2.78. The van der Waals surface area contributed by atoms with Crippen molar-refractivity contribution < 1.29 is 14.3 Å². The summed E-state index contributed by atoms with van der Waals surface area (Å²) in [7, 11) is 0. The van der Waals surface area contributed by atoms with Crippen molar-refractivity contribution in [2.45, 2.75) is 19.3 Å². The van der Waals surface area contributed by atoms with Crippen molar-refractivity contribution in [3.8, 4) is 5.75 Å². The molecule has 0 spiro atoms. The Morgan fingerprint density at radius 3 is 2.95 bits per heavy atom. The summed E-state index contributed by atoms with van der Waals surface area (Å²) in [5.74, 6) is 1.02. The molecule has 3 rings (SSSR count). The molecular formula is C15H15NO3. The Labute approximate surface area is 111 Å². The predicted molar refractivity (Wildman–Crippen MR) is 71.0 cm³/mol. The Bertz CT molecular complexity index is 604. The molecule has 2 N–H and O–H groups in total. The lowest BCUT2D eigenvalue weighted by molar-refractivity contribution is -0.117. The summed E-state index contributed by atoms with van der Waals surface area (Å²) in [6.45, 7) is 1.80. The lowest BCUT2D eigenvalue weighted by Gasteiger charge is -2.08. The molecular weight excluding hydrogens is 242 g/mol. The number of phenols is 1. The van der Waals surface area contributed by atoms with Crippen molar-refractivity contribution in [3.05, 3.63) is 47.9 Å². The fourth-order valence-electron chi connectivity index (χ4n) is 2.29. The highest BCUT2D eigenvalue weighted by atomic mass is 16.3. The first kappa shape index (κ1) is 11.8. The van der Waals surface area contributed by atoms with E-state index in [1.165, 1.54) is 0 Å². The second-order valence-corrected chi connectivity index (χ2v) is 4.92. The van der Waals surface area contributed by atoms with E-state index in [2.05, 4.69) is 5.32 Å². The highest BCUT2D eigenvalue weighted by Crippen LogP contribution is 2.48. The zero-order valence-electron chi connectivity index (χ0n) is 10.6. The molecule has 1 amide bonds. The number of amides is 1. The number of para-hydroxylation sites is 1. The van der Waals surface area contributed by atoms with Gasteiger partial charge in [-0.3, -0.25) is 4.79 Å². The minimum atomic E-state index is -0.0673. The predicted octanol–water partition coefficient (Wildman–Crippen LogP) is 3.04. The standard InChI is InChI=1S/C15H15NO3/c1-9-4-2-5-12(14(9)17)16-15(18)11-8-10(11)13-6-3-7-19-13/h2-7,10-11,17H,8H2,1H3,(H,16,18)/t10-,11+/m0/s1. The summed E-state index contributed by atoms with van der Waals surface area (Å²) in [6, 6.07) is 9.02. The minimum Gasteiger partial charge on any atom is -0.505 e. The monoisotopic (exact) mass is 257 g/mol. The van der Waals surface area contributed by atoms with Crippen molar-refractivity contribution in [1.82, 2.24) is 0 Å². The first-order valence-corrected chi connectivity index (χ1v) is 6.29. The van der Waals surface area contributed by atoms with Gasteiger partial charge in [0.05, 0.1) is 12.0 Å². The zero-order valence-corrected chi connectivity index (χ0v) is 10.6. The molecule has 1 saturated carbocycles. The number of aromatic hydroxyl groups is 1. The van der Waals surface area contributed by atoms with Gasteiger partial charge < -0.3 is 14.8 Å². The second kappa shape index (κ2) is 4.46. The van der Waals surface area contributed by atoms with Crippen LogP contribution in [0.2, 0.25) is 0 Å². The van der Waals surface area contributed by atoms with Gasteiger partial charge >= 0.3 is 0 Å². The lowest BCUT2D eigenvalue weighted by Crippen LogP contribution is -2.14. The molecule has 1 aromatic heterocycles. The molecule has 4 heteroatoms. The van der Waals surface area contributed by atoms with Gasteiger partial charge in [-0.2, -0.15) is 0 Å². The molecule has 1 heterocycles. The summed E-state index contributed by atoms with van der Waals surface area (Å²) in [5.41, 5.74) is 1.21. The third-order valence-corrected chi connectivity index (χ3v) is 3.53. The maximum atomic E-state index is 12.1. The van der Waals surface area contributed by atoms with Crippen LogP contribution in [0.15, 0.2) is 41.0 Å². The van der Waals surface area contributed by atoms with Crippen molar-refractivity contribution in [2.24, 2.45) is 5.92 Å². The molecule has 0 radical (unpaired) electrons. The molecule has 19 heavy (non-hydrogen) atoms. The summed E-state index contributed by atoms with van der Waals surface area (Å²) in [5, 5.41) is 12.6. The van der Waals surface area contributed by atoms with E-state index in [4.69, 9.17) is 4.42 Å². The van der Waals surface area contributed by atoms with Crippen molar-refractivity contribution >= 4 is 11.6 Å². The Hall–Kier alpha value is -2.23. The minimum absolute atomic E-state index is 0.0638. The third kappa shape index (κ3) is 2.21. The Morgan fingerprint density at radius 1 is 1.37 bits per heavy atom. The average molecular weight is 257 g/mol. The molecule has 1 aliphatic rings. The van der Waals surface area contributed by atoms with E-state index < -0.39 is 0 Å². The molecule has 4 nitrogen and oxygen atoms in total. The van der Waals surface area contributed by atoms with Crippen LogP contribution >= 0.6 is 0 Å². The average Bonchev–Trinajstić information content (AvgIpc) is 3.02. The number of nitrogens with one attached hydrogen (secondary N) is 1. The molecule has 1 aliphatic carbocycles. The number of aryl methyl sites for hydroxylation is 1. The third-order valence-electron chi connectivity index (χ3n) is 3.53. The fraction of sp³-hybridized carbons (Fsp3) is 0.267. The smallest absolute Gasteiger partial charge is 0.228 e. The number of carbonyl (C=O) groups excluding carboxylic acids is 1. The number of phenolic OH excluding ortho intramolecular Hbond substituents is 1. The molecule has 0 saturated heterocycles. The van der Waals surface area contributed by atoms with E-state index in [-0.39, 0.29) is 23.5 Å². The molecule has 1 fully saturated rings. The molecule has 0 unspecified atom stereocenters. The van der Waals surface area contributed by atoms with Crippen LogP contribution in [0, 0.1) is 12.8 Å². The number of hydrogen-bond donors (Lipinski definition) is 2. The summed E-state index contributed by atoms with van der Waals surface area (Å²) in [6.07, 6.45) is 2.42. The summed E-state index contributed by atoms with van der Waals surface area (Å²) >= 11 is 0. The van der Waals surface area contributed by atoms with E-state index in [1.807, 2.05) is 18.2 Å². The van der Waals surface area contributed by atoms with Crippen LogP contribution in [0.1, 0.15) is 23.7 Å². The van der Waals surface area contributed by atoms with Gasteiger partial charge in [0.15, 0.2) is 0 Å². The van der Waals surface area contributed by atoms with Crippen LogP contribution in [0.5, 0.6) is 5.75 Å². The molecule has 2 aromatic rings. The van der Waals surface area contributed by atoms with Crippen LogP contribution in [-0.4, -0.2) is 11.0 Å². The highest BCUT2D eigenvalue weighted by molar-refractivity contribution is 5.96. The van der Waals surface area contributed by atoms with Crippen molar-refractivity contribution in [2.75, 3.05) is 5.32 Å². The zero-order chi connectivity index (χ0) is 13.4. The van der Waals surface area contributed by atoms with E-state index in [0.29, 0.717) is 5.69 Å². The van der Waals surface area contributed by atoms with Gasteiger partial charge in [-0.05, 0) is 37.1 Å². The van der Waals surface area contributed by atoms with Gasteiger partial charge in [0.25, 0.3) is 0 Å².